The smallest absolute Gasteiger partial charge is 0.410 e. The van der Waals surface area contributed by atoms with E-state index in [9.17, 15) is 9.90 Å². The van der Waals surface area contributed by atoms with Gasteiger partial charge in [0, 0.05) is 13.1 Å². The fourth-order valence-corrected chi connectivity index (χ4v) is 2.00. The fourth-order valence-electron chi connectivity index (χ4n) is 1.38. The molecule has 1 rings (SSSR count). The molecule has 1 saturated heterocycles. The van der Waals surface area contributed by atoms with E-state index < -0.39 is 5.60 Å². The van der Waals surface area contributed by atoms with Crippen molar-refractivity contribution in [3.8, 4) is 0 Å². The number of amides is 1. The van der Waals surface area contributed by atoms with E-state index in [1.54, 1.807) is 4.90 Å². The van der Waals surface area contributed by atoms with Crippen LogP contribution in [0.5, 0.6) is 0 Å². The molecule has 0 unspecified atom stereocenters. The number of ether oxygens (including phenoxy) is 1. The highest BCUT2D eigenvalue weighted by molar-refractivity contribution is 9.09. The maximum atomic E-state index is 11.7. The molecule has 0 spiro atoms. The van der Waals surface area contributed by atoms with Gasteiger partial charge in [0.2, 0.25) is 0 Å². The third-order valence-electron chi connectivity index (χ3n) is 2.16. The van der Waals surface area contributed by atoms with Crippen LogP contribution < -0.4 is 0 Å². The van der Waals surface area contributed by atoms with Crippen LogP contribution in [0.3, 0.4) is 0 Å². The van der Waals surface area contributed by atoms with Gasteiger partial charge in [-0.2, -0.15) is 0 Å². The minimum Gasteiger partial charge on any atom is -0.444 e. The van der Waals surface area contributed by atoms with Crippen molar-refractivity contribution in [1.82, 2.24) is 4.90 Å². The molecule has 1 fully saturated rings. The van der Waals surface area contributed by atoms with E-state index in [4.69, 9.17) is 4.74 Å². The minimum absolute atomic E-state index is 0.0567. The molecule has 0 aliphatic carbocycles. The molecule has 0 aromatic heterocycles. The van der Waals surface area contributed by atoms with Crippen LogP contribution in [-0.4, -0.2) is 45.7 Å². The van der Waals surface area contributed by atoms with Crippen LogP contribution in [0, 0.1) is 0 Å². The number of nitrogens with zero attached hydrogens (tertiary/aromatic N) is 1. The summed E-state index contributed by atoms with van der Waals surface area (Å²) >= 11 is 3.34. The molecule has 0 saturated carbocycles. The van der Waals surface area contributed by atoms with Crippen molar-refractivity contribution in [2.75, 3.05) is 13.1 Å². The molecule has 5 heteroatoms. The molecular weight excluding hydrogens is 262 g/mol. The second kappa shape index (κ2) is 4.70. The van der Waals surface area contributed by atoms with Crippen molar-refractivity contribution in [3.05, 3.63) is 0 Å². The number of aliphatic hydroxyl groups excluding tert-OH is 1. The number of halogens is 1. The minimum atomic E-state index is -0.463. The standard InChI is InChI=1S/C10H18BrNO3/c1-10(2,3)15-9(14)12-5-4-8(13)7(11)6-12/h7-8,13H,4-6H2,1-3H3/t7-,8-/m1/s1. The van der Waals surface area contributed by atoms with Crippen molar-refractivity contribution in [3.63, 3.8) is 0 Å². The van der Waals surface area contributed by atoms with Gasteiger partial charge < -0.3 is 14.7 Å². The number of alkyl halides is 1. The zero-order valence-corrected chi connectivity index (χ0v) is 11.0. The van der Waals surface area contributed by atoms with Crippen molar-refractivity contribution in [1.29, 1.82) is 0 Å². The molecule has 1 aliphatic heterocycles. The summed E-state index contributed by atoms with van der Waals surface area (Å²) in [7, 11) is 0. The maximum Gasteiger partial charge on any atom is 0.410 e. The molecular formula is C10H18BrNO3. The second-order valence-electron chi connectivity index (χ2n) is 4.80. The van der Waals surface area contributed by atoms with Crippen LogP contribution in [0.1, 0.15) is 27.2 Å². The quantitative estimate of drug-likeness (QED) is 0.688. The fraction of sp³-hybridized carbons (Fsp3) is 0.900. The van der Waals surface area contributed by atoms with Gasteiger partial charge in [-0.15, -0.1) is 0 Å². The topological polar surface area (TPSA) is 49.8 Å². The van der Waals surface area contributed by atoms with E-state index in [1.165, 1.54) is 0 Å². The van der Waals surface area contributed by atoms with Crippen LogP contribution in [0.25, 0.3) is 0 Å². The monoisotopic (exact) mass is 279 g/mol. The lowest BCUT2D eigenvalue weighted by molar-refractivity contribution is 0.0120. The highest BCUT2D eigenvalue weighted by atomic mass is 79.9. The SMILES string of the molecule is CC(C)(C)OC(=O)N1CC[C@@H](O)[C@H](Br)C1. The Morgan fingerprint density at radius 2 is 2.13 bits per heavy atom. The van der Waals surface area contributed by atoms with Gasteiger partial charge in [0.15, 0.2) is 0 Å². The van der Waals surface area contributed by atoms with Gasteiger partial charge in [-0.3, -0.25) is 0 Å². The molecule has 1 aliphatic rings. The maximum absolute atomic E-state index is 11.7. The Morgan fingerprint density at radius 1 is 1.53 bits per heavy atom. The number of hydrogen-bond acceptors (Lipinski definition) is 3. The first-order valence-corrected chi connectivity index (χ1v) is 6.01. The third kappa shape index (κ3) is 3.99. The Kier molecular flexibility index (Phi) is 4.00. The summed E-state index contributed by atoms with van der Waals surface area (Å²) in [5, 5.41) is 9.48. The van der Waals surface area contributed by atoms with Crippen molar-refractivity contribution in [2.24, 2.45) is 0 Å². The molecule has 0 aromatic carbocycles. The Morgan fingerprint density at radius 3 is 2.60 bits per heavy atom. The van der Waals surface area contributed by atoms with Gasteiger partial charge >= 0.3 is 6.09 Å². The predicted molar refractivity (Wildman–Crippen MR) is 61.1 cm³/mol. The molecule has 4 nitrogen and oxygen atoms in total. The van der Waals surface area contributed by atoms with Gasteiger partial charge in [-0.05, 0) is 27.2 Å². The summed E-state index contributed by atoms with van der Waals surface area (Å²) in [5.74, 6) is 0. The van der Waals surface area contributed by atoms with Crippen molar-refractivity contribution in [2.45, 2.75) is 43.7 Å². The number of carbonyl (C=O) groups excluding carboxylic acids is 1. The van der Waals surface area contributed by atoms with Crippen LogP contribution >= 0.6 is 15.9 Å². The molecule has 1 N–H and O–H groups in total. The first-order valence-electron chi connectivity index (χ1n) is 5.09. The predicted octanol–water partition coefficient (Wildman–Crippen LogP) is 1.75. The molecule has 15 heavy (non-hydrogen) atoms. The van der Waals surface area contributed by atoms with Gasteiger partial charge in [-0.1, -0.05) is 15.9 Å². The third-order valence-corrected chi connectivity index (χ3v) is 3.06. The van der Waals surface area contributed by atoms with Gasteiger partial charge in [-0.25, -0.2) is 4.79 Å². The van der Waals surface area contributed by atoms with E-state index >= 15 is 0 Å². The molecule has 88 valence electrons. The number of piperidine rings is 1. The zero-order chi connectivity index (χ0) is 11.6. The second-order valence-corrected chi connectivity index (χ2v) is 5.97. The van der Waals surface area contributed by atoms with Crippen molar-refractivity contribution < 1.29 is 14.6 Å². The summed E-state index contributed by atoms with van der Waals surface area (Å²) < 4.78 is 5.25. The molecule has 2 atom stereocenters. The molecule has 0 aromatic rings. The number of aliphatic hydroxyl groups is 1. The first kappa shape index (κ1) is 12.8. The molecule has 1 heterocycles. The Hall–Kier alpha value is -0.290. The Balaban J connectivity index is 2.48. The Bertz CT molecular complexity index is 239. The number of carbonyl (C=O) groups is 1. The lowest BCUT2D eigenvalue weighted by Gasteiger charge is -2.34. The normalized spacial score (nSPS) is 27.7. The zero-order valence-electron chi connectivity index (χ0n) is 9.36. The number of rotatable bonds is 0. The summed E-state index contributed by atoms with van der Waals surface area (Å²) in [6.45, 7) is 6.58. The van der Waals surface area contributed by atoms with Crippen LogP contribution in [0.2, 0.25) is 0 Å². The molecule has 1 amide bonds. The lowest BCUT2D eigenvalue weighted by Crippen LogP contribution is -2.48. The average Bonchev–Trinajstić information content (AvgIpc) is 2.06. The number of hydrogen-bond donors (Lipinski definition) is 1. The van der Waals surface area contributed by atoms with E-state index in [0.29, 0.717) is 19.5 Å². The average molecular weight is 280 g/mol. The molecule has 0 radical (unpaired) electrons. The van der Waals surface area contributed by atoms with Crippen LogP contribution in [-0.2, 0) is 4.74 Å². The highest BCUT2D eigenvalue weighted by Crippen LogP contribution is 2.19. The number of likely N-dealkylation sites (tertiary alicyclic amines) is 1. The Labute approximate surface area is 98.7 Å². The van der Waals surface area contributed by atoms with E-state index in [2.05, 4.69) is 15.9 Å². The lowest BCUT2D eigenvalue weighted by atomic mass is 10.1. The summed E-state index contributed by atoms with van der Waals surface area (Å²) in [6.07, 6.45) is -0.0858. The van der Waals surface area contributed by atoms with E-state index in [0.717, 1.165) is 0 Å². The van der Waals surface area contributed by atoms with Gasteiger partial charge in [0.05, 0.1) is 10.9 Å². The van der Waals surface area contributed by atoms with Crippen LogP contribution in [0.4, 0.5) is 4.79 Å². The first-order chi connectivity index (χ1) is 6.79. The summed E-state index contributed by atoms with van der Waals surface area (Å²) in [6, 6.07) is 0. The van der Waals surface area contributed by atoms with Crippen molar-refractivity contribution >= 4 is 22.0 Å². The molecule has 0 bridgehead atoms. The van der Waals surface area contributed by atoms with Crippen LogP contribution in [0.15, 0.2) is 0 Å². The van der Waals surface area contributed by atoms with Gasteiger partial charge in [0.25, 0.3) is 0 Å². The van der Waals surface area contributed by atoms with Gasteiger partial charge in [0.1, 0.15) is 5.60 Å². The highest BCUT2D eigenvalue weighted by Gasteiger charge is 2.30. The summed E-state index contributed by atoms with van der Waals surface area (Å²) in [4.78, 5) is 13.2. The van der Waals surface area contributed by atoms with E-state index in [-0.39, 0.29) is 17.0 Å². The van der Waals surface area contributed by atoms with E-state index in [1.807, 2.05) is 20.8 Å². The largest absolute Gasteiger partial charge is 0.444 e. The summed E-state index contributed by atoms with van der Waals surface area (Å²) in [5.41, 5.74) is -0.463.